The first kappa shape index (κ1) is 23.3. The summed E-state index contributed by atoms with van der Waals surface area (Å²) in [5.74, 6) is 0.686. The molecular formula is C27H29N3O4. The molecule has 0 saturated carbocycles. The zero-order valence-corrected chi connectivity index (χ0v) is 19.7. The number of amides is 2. The van der Waals surface area contributed by atoms with Gasteiger partial charge < -0.3 is 25.0 Å². The molecule has 1 aliphatic heterocycles. The van der Waals surface area contributed by atoms with E-state index in [4.69, 9.17) is 9.47 Å². The van der Waals surface area contributed by atoms with Gasteiger partial charge >= 0.3 is 0 Å². The van der Waals surface area contributed by atoms with E-state index in [1.165, 1.54) is 18.2 Å². The number of fused-ring (bicyclic) bond motifs is 1. The summed E-state index contributed by atoms with van der Waals surface area (Å²) in [7, 11) is 5.18. The molecule has 2 N–H and O–H groups in total. The van der Waals surface area contributed by atoms with Gasteiger partial charge in [-0.2, -0.15) is 0 Å². The monoisotopic (exact) mass is 459 g/mol. The SMILES string of the molecule is COc1ccc(C(=O)NCc2cccc(NC(=O)c3ccc4c(c3)CCN(C)C4)c2)cc1OC. The van der Waals surface area contributed by atoms with Crippen molar-refractivity contribution in [2.45, 2.75) is 19.5 Å². The maximum atomic E-state index is 12.8. The molecule has 1 heterocycles. The lowest BCUT2D eigenvalue weighted by atomic mass is 9.97. The first-order chi connectivity index (χ1) is 16.5. The summed E-state index contributed by atoms with van der Waals surface area (Å²) < 4.78 is 10.5. The zero-order valence-electron chi connectivity index (χ0n) is 19.7. The summed E-state index contributed by atoms with van der Waals surface area (Å²) in [5, 5.41) is 5.87. The van der Waals surface area contributed by atoms with Crippen molar-refractivity contribution < 1.29 is 19.1 Å². The predicted molar refractivity (Wildman–Crippen MR) is 132 cm³/mol. The molecule has 3 aromatic carbocycles. The zero-order chi connectivity index (χ0) is 24.1. The van der Waals surface area contributed by atoms with Crippen molar-refractivity contribution >= 4 is 17.5 Å². The van der Waals surface area contributed by atoms with E-state index in [1.807, 2.05) is 42.5 Å². The van der Waals surface area contributed by atoms with Gasteiger partial charge in [-0.3, -0.25) is 9.59 Å². The number of likely N-dealkylation sites (N-methyl/N-ethyl adjacent to an activating group) is 1. The number of benzene rings is 3. The molecule has 3 aromatic rings. The normalized spacial score (nSPS) is 13.0. The van der Waals surface area contributed by atoms with Crippen LogP contribution in [0.5, 0.6) is 11.5 Å². The first-order valence-electron chi connectivity index (χ1n) is 11.2. The lowest BCUT2D eigenvalue weighted by Crippen LogP contribution is -2.27. The van der Waals surface area contributed by atoms with Gasteiger partial charge in [-0.05, 0) is 72.6 Å². The van der Waals surface area contributed by atoms with Crippen LogP contribution in [0.2, 0.25) is 0 Å². The Bertz CT molecular complexity index is 1210. The van der Waals surface area contributed by atoms with Crippen molar-refractivity contribution in [1.82, 2.24) is 10.2 Å². The fourth-order valence-corrected chi connectivity index (χ4v) is 4.06. The van der Waals surface area contributed by atoms with E-state index in [2.05, 4.69) is 22.6 Å². The van der Waals surface area contributed by atoms with Crippen LogP contribution < -0.4 is 20.1 Å². The first-order valence-corrected chi connectivity index (χ1v) is 11.2. The molecule has 0 bridgehead atoms. The van der Waals surface area contributed by atoms with Gasteiger partial charge in [-0.25, -0.2) is 0 Å². The molecule has 1 aliphatic rings. The van der Waals surface area contributed by atoms with E-state index in [1.54, 1.807) is 25.3 Å². The van der Waals surface area contributed by atoms with Crippen LogP contribution in [-0.2, 0) is 19.5 Å². The number of nitrogens with zero attached hydrogens (tertiary/aromatic N) is 1. The maximum Gasteiger partial charge on any atom is 0.255 e. The lowest BCUT2D eigenvalue weighted by Gasteiger charge is -2.25. The van der Waals surface area contributed by atoms with Crippen molar-refractivity contribution in [3.05, 3.63) is 88.5 Å². The molecule has 0 atom stereocenters. The molecule has 7 nitrogen and oxygen atoms in total. The fourth-order valence-electron chi connectivity index (χ4n) is 4.06. The third kappa shape index (κ3) is 5.38. The summed E-state index contributed by atoms with van der Waals surface area (Å²) in [6, 6.07) is 18.4. The molecule has 4 rings (SSSR count). The Labute approximate surface area is 199 Å². The largest absolute Gasteiger partial charge is 0.493 e. The third-order valence-electron chi connectivity index (χ3n) is 5.96. The molecule has 7 heteroatoms. The highest BCUT2D eigenvalue weighted by Gasteiger charge is 2.16. The average molecular weight is 460 g/mol. The fraction of sp³-hybridized carbons (Fsp3) is 0.259. The van der Waals surface area contributed by atoms with Crippen LogP contribution >= 0.6 is 0 Å². The highest BCUT2D eigenvalue weighted by Crippen LogP contribution is 2.27. The molecule has 0 saturated heterocycles. The number of carbonyl (C=O) groups is 2. The molecule has 0 fully saturated rings. The molecular weight excluding hydrogens is 430 g/mol. The highest BCUT2D eigenvalue weighted by atomic mass is 16.5. The van der Waals surface area contributed by atoms with Gasteiger partial charge in [0, 0.05) is 36.4 Å². The number of nitrogens with one attached hydrogen (secondary N) is 2. The van der Waals surface area contributed by atoms with E-state index in [9.17, 15) is 9.59 Å². The summed E-state index contributed by atoms with van der Waals surface area (Å²) in [4.78, 5) is 27.7. The smallest absolute Gasteiger partial charge is 0.255 e. The highest BCUT2D eigenvalue weighted by molar-refractivity contribution is 6.04. The summed E-state index contributed by atoms with van der Waals surface area (Å²) in [5.41, 5.74) is 5.19. The van der Waals surface area contributed by atoms with Crippen molar-refractivity contribution in [3.8, 4) is 11.5 Å². The van der Waals surface area contributed by atoms with E-state index >= 15 is 0 Å². The molecule has 0 radical (unpaired) electrons. The minimum Gasteiger partial charge on any atom is -0.493 e. The van der Waals surface area contributed by atoms with E-state index < -0.39 is 0 Å². The Morgan fingerprint density at radius 2 is 1.65 bits per heavy atom. The van der Waals surface area contributed by atoms with Crippen LogP contribution in [0.1, 0.15) is 37.4 Å². The van der Waals surface area contributed by atoms with Gasteiger partial charge in [0.25, 0.3) is 11.8 Å². The van der Waals surface area contributed by atoms with Crippen LogP contribution in [0.15, 0.2) is 60.7 Å². The molecule has 2 amide bonds. The summed E-state index contributed by atoms with van der Waals surface area (Å²) in [6.07, 6.45) is 0.947. The Balaban J connectivity index is 1.38. The summed E-state index contributed by atoms with van der Waals surface area (Å²) >= 11 is 0. The van der Waals surface area contributed by atoms with Crippen LogP contribution in [-0.4, -0.2) is 44.5 Å². The second-order valence-corrected chi connectivity index (χ2v) is 8.38. The number of rotatable bonds is 7. The minimum atomic E-state index is -0.227. The number of hydrogen-bond donors (Lipinski definition) is 2. The third-order valence-corrected chi connectivity index (χ3v) is 5.96. The number of carbonyl (C=O) groups excluding carboxylic acids is 2. The van der Waals surface area contributed by atoms with Gasteiger partial charge in [-0.1, -0.05) is 18.2 Å². The van der Waals surface area contributed by atoms with Gasteiger partial charge in [0.05, 0.1) is 14.2 Å². The van der Waals surface area contributed by atoms with Gasteiger partial charge in [0.1, 0.15) is 0 Å². The van der Waals surface area contributed by atoms with Gasteiger partial charge in [0.2, 0.25) is 0 Å². The second-order valence-electron chi connectivity index (χ2n) is 8.38. The molecule has 0 aliphatic carbocycles. The van der Waals surface area contributed by atoms with Gasteiger partial charge in [-0.15, -0.1) is 0 Å². The molecule has 0 spiro atoms. The Hall–Kier alpha value is -3.84. The van der Waals surface area contributed by atoms with Crippen LogP contribution in [0, 0.1) is 0 Å². The van der Waals surface area contributed by atoms with Crippen LogP contribution in [0.25, 0.3) is 0 Å². The average Bonchev–Trinajstić information content (AvgIpc) is 2.86. The molecule has 0 aromatic heterocycles. The Kier molecular flexibility index (Phi) is 7.13. The predicted octanol–water partition coefficient (Wildman–Crippen LogP) is 3.87. The molecule has 0 unspecified atom stereocenters. The van der Waals surface area contributed by atoms with Crippen molar-refractivity contribution in [1.29, 1.82) is 0 Å². The van der Waals surface area contributed by atoms with Crippen LogP contribution in [0.4, 0.5) is 5.69 Å². The quantitative estimate of drug-likeness (QED) is 0.561. The maximum absolute atomic E-state index is 12.8. The number of ether oxygens (including phenoxy) is 2. The summed E-state index contributed by atoms with van der Waals surface area (Å²) in [6.45, 7) is 2.23. The molecule has 176 valence electrons. The van der Waals surface area contributed by atoms with E-state index in [-0.39, 0.29) is 11.8 Å². The van der Waals surface area contributed by atoms with Gasteiger partial charge in [0.15, 0.2) is 11.5 Å². The Morgan fingerprint density at radius 1 is 0.882 bits per heavy atom. The lowest BCUT2D eigenvalue weighted by molar-refractivity contribution is 0.0949. The van der Waals surface area contributed by atoms with E-state index in [0.29, 0.717) is 34.9 Å². The van der Waals surface area contributed by atoms with Crippen LogP contribution in [0.3, 0.4) is 0 Å². The van der Waals surface area contributed by atoms with Crippen molar-refractivity contribution in [3.63, 3.8) is 0 Å². The molecule has 34 heavy (non-hydrogen) atoms. The topological polar surface area (TPSA) is 79.9 Å². The van der Waals surface area contributed by atoms with Crippen molar-refractivity contribution in [2.24, 2.45) is 0 Å². The second kappa shape index (κ2) is 10.4. The Morgan fingerprint density at radius 3 is 2.44 bits per heavy atom. The van der Waals surface area contributed by atoms with Crippen molar-refractivity contribution in [2.75, 3.05) is 33.1 Å². The van der Waals surface area contributed by atoms with E-state index in [0.717, 1.165) is 25.1 Å². The number of anilines is 1. The minimum absolute atomic E-state index is 0.145. The number of hydrogen-bond acceptors (Lipinski definition) is 5. The number of methoxy groups -OCH3 is 2. The standard InChI is InChI=1S/C27H29N3O4/c1-30-12-11-19-14-20(7-8-22(19)17-30)27(32)29-23-6-4-5-18(13-23)16-28-26(31)21-9-10-24(33-2)25(15-21)34-3/h4-10,13-15H,11-12,16-17H2,1-3H3,(H,28,31)(H,29,32).